The van der Waals surface area contributed by atoms with E-state index in [1.807, 2.05) is 35.6 Å². The van der Waals surface area contributed by atoms with E-state index in [9.17, 15) is 4.79 Å². The van der Waals surface area contributed by atoms with E-state index >= 15 is 0 Å². The van der Waals surface area contributed by atoms with Crippen LogP contribution < -0.4 is 5.56 Å². The highest BCUT2D eigenvalue weighted by Crippen LogP contribution is 2.08. The van der Waals surface area contributed by atoms with Crippen LogP contribution in [-0.4, -0.2) is 19.7 Å². The Balaban J connectivity index is 2.63. The zero-order valence-electron chi connectivity index (χ0n) is 7.36. The lowest BCUT2D eigenvalue weighted by molar-refractivity contribution is 0.815. The monoisotopic (exact) mass is 302 g/mol. The standard InChI is InChI=1S/C8H7IN4O/c1-5-2-3-13(12-5)7-6(9)8(14)11-4-10-7/h2-4H,1H3,(H,10,11,14). The van der Waals surface area contributed by atoms with Crippen molar-refractivity contribution >= 4 is 22.6 Å². The summed E-state index contributed by atoms with van der Waals surface area (Å²) >= 11 is 1.95. The topological polar surface area (TPSA) is 63.6 Å². The summed E-state index contributed by atoms with van der Waals surface area (Å²) in [5, 5.41) is 4.18. The molecule has 0 spiro atoms. The van der Waals surface area contributed by atoms with Crippen LogP contribution in [-0.2, 0) is 0 Å². The van der Waals surface area contributed by atoms with E-state index in [4.69, 9.17) is 0 Å². The fraction of sp³-hybridized carbons (Fsp3) is 0.125. The van der Waals surface area contributed by atoms with Crippen LogP contribution in [0, 0.1) is 10.5 Å². The minimum absolute atomic E-state index is 0.149. The van der Waals surface area contributed by atoms with E-state index in [1.54, 1.807) is 10.9 Å². The minimum Gasteiger partial charge on any atom is -0.312 e. The number of halogens is 1. The van der Waals surface area contributed by atoms with Crippen LogP contribution in [0.1, 0.15) is 5.69 Å². The SMILES string of the molecule is Cc1ccn(-c2nc[nH]c(=O)c2I)n1. The maximum absolute atomic E-state index is 11.3. The van der Waals surface area contributed by atoms with Gasteiger partial charge in [-0.1, -0.05) is 0 Å². The van der Waals surface area contributed by atoms with Crippen molar-refractivity contribution in [2.45, 2.75) is 6.92 Å². The molecule has 0 aliphatic carbocycles. The third kappa shape index (κ3) is 1.57. The van der Waals surface area contributed by atoms with Crippen LogP contribution in [0.2, 0.25) is 0 Å². The highest BCUT2D eigenvalue weighted by molar-refractivity contribution is 14.1. The first-order valence-corrected chi connectivity index (χ1v) is 5.02. The molecule has 0 aliphatic heterocycles. The summed E-state index contributed by atoms with van der Waals surface area (Å²) in [4.78, 5) is 17.8. The largest absolute Gasteiger partial charge is 0.312 e. The predicted octanol–water partition coefficient (Wildman–Crippen LogP) is 0.869. The molecule has 72 valence electrons. The first-order chi connectivity index (χ1) is 6.68. The fourth-order valence-corrected chi connectivity index (χ4v) is 1.61. The molecule has 0 aromatic carbocycles. The summed E-state index contributed by atoms with van der Waals surface area (Å²) in [6, 6.07) is 1.86. The van der Waals surface area contributed by atoms with Crippen LogP contribution in [0.4, 0.5) is 0 Å². The number of hydrogen-bond acceptors (Lipinski definition) is 3. The van der Waals surface area contributed by atoms with Crippen LogP contribution >= 0.6 is 22.6 Å². The molecule has 2 aromatic heterocycles. The van der Waals surface area contributed by atoms with Crippen molar-refractivity contribution in [2.75, 3.05) is 0 Å². The van der Waals surface area contributed by atoms with Gasteiger partial charge in [-0.05, 0) is 35.6 Å². The van der Waals surface area contributed by atoms with Gasteiger partial charge in [-0.25, -0.2) is 9.67 Å². The van der Waals surface area contributed by atoms with Crippen molar-refractivity contribution in [1.82, 2.24) is 19.7 Å². The van der Waals surface area contributed by atoms with Crippen LogP contribution in [0.3, 0.4) is 0 Å². The Kier molecular flexibility index (Phi) is 2.36. The Morgan fingerprint density at radius 3 is 3.00 bits per heavy atom. The Morgan fingerprint density at radius 1 is 1.57 bits per heavy atom. The lowest BCUT2D eigenvalue weighted by atomic mass is 10.5. The van der Waals surface area contributed by atoms with E-state index in [1.165, 1.54) is 6.33 Å². The van der Waals surface area contributed by atoms with E-state index in [0.29, 0.717) is 9.39 Å². The van der Waals surface area contributed by atoms with E-state index in [-0.39, 0.29) is 5.56 Å². The Hall–Kier alpha value is -1.18. The van der Waals surface area contributed by atoms with Gasteiger partial charge in [-0.2, -0.15) is 5.10 Å². The summed E-state index contributed by atoms with van der Waals surface area (Å²) in [6.07, 6.45) is 3.15. The number of H-pyrrole nitrogens is 1. The minimum atomic E-state index is -0.149. The second-order valence-electron chi connectivity index (χ2n) is 2.77. The second kappa shape index (κ2) is 3.52. The molecule has 2 aromatic rings. The lowest BCUT2D eigenvalue weighted by Gasteiger charge is -2.00. The molecule has 0 radical (unpaired) electrons. The van der Waals surface area contributed by atoms with Gasteiger partial charge in [0.25, 0.3) is 5.56 Å². The number of aryl methyl sites for hydroxylation is 1. The first kappa shape index (κ1) is 9.38. The molecule has 2 heterocycles. The normalized spacial score (nSPS) is 10.4. The highest BCUT2D eigenvalue weighted by atomic mass is 127. The van der Waals surface area contributed by atoms with Gasteiger partial charge in [0.05, 0.1) is 12.0 Å². The molecule has 0 bridgehead atoms. The molecule has 1 N–H and O–H groups in total. The molecule has 0 aliphatic rings. The van der Waals surface area contributed by atoms with E-state index < -0.39 is 0 Å². The third-order valence-corrected chi connectivity index (χ3v) is 2.69. The molecule has 0 saturated heterocycles. The van der Waals surface area contributed by atoms with Crippen molar-refractivity contribution in [2.24, 2.45) is 0 Å². The number of aromatic amines is 1. The molecule has 6 heteroatoms. The molecular weight excluding hydrogens is 295 g/mol. The fourth-order valence-electron chi connectivity index (χ4n) is 1.07. The summed E-state index contributed by atoms with van der Waals surface area (Å²) in [5.41, 5.74) is 0.742. The van der Waals surface area contributed by atoms with Gasteiger partial charge in [0, 0.05) is 6.20 Å². The number of nitrogens with zero attached hydrogens (tertiary/aromatic N) is 3. The quantitative estimate of drug-likeness (QED) is 0.795. The van der Waals surface area contributed by atoms with Gasteiger partial charge in [0.2, 0.25) is 0 Å². The van der Waals surface area contributed by atoms with Crippen molar-refractivity contribution in [3.63, 3.8) is 0 Å². The summed E-state index contributed by atoms with van der Waals surface area (Å²) in [7, 11) is 0. The lowest BCUT2D eigenvalue weighted by Crippen LogP contribution is -2.15. The molecule has 0 unspecified atom stereocenters. The average Bonchev–Trinajstić information content (AvgIpc) is 2.57. The van der Waals surface area contributed by atoms with Crippen molar-refractivity contribution in [3.05, 3.63) is 38.2 Å². The smallest absolute Gasteiger partial charge is 0.266 e. The van der Waals surface area contributed by atoms with Gasteiger partial charge in [0.15, 0.2) is 5.82 Å². The maximum atomic E-state index is 11.3. The van der Waals surface area contributed by atoms with E-state index in [2.05, 4.69) is 15.1 Å². The van der Waals surface area contributed by atoms with Crippen LogP contribution in [0.15, 0.2) is 23.4 Å². The van der Waals surface area contributed by atoms with Gasteiger partial charge >= 0.3 is 0 Å². The summed E-state index contributed by atoms with van der Waals surface area (Å²) in [5.74, 6) is 0.558. The predicted molar refractivity (Wildman–Crippen MR) is 59.4 cm³/mol. The van der Waals surface area contributed by atoms with Gasteiger partial charge in [0.1, 0.15) is 3.57 Å². The Morgan fingerprint density at radius 2 is 2.36 bits per heavy atom. The molecule has 2 rings (SSSR count). The molecule has 0 fully saturated rings. The van der Waals surface area contributed by atoms with Gasteiger partial charge in [-0.3, -0.25) is 4.79 Å². The number of nitrogens with one attached hydrogen (secondary N) is 1. The van der Waals surface area contributed by atoms with Crippen LogP contribution in [0.5, 0.6) is 0 Å². The Bertz CT molecular complexity index is 516. The Labute approximate surface area is 93.3 Å². The van der Waals surface area contributed by atoms with Crippen molar-refractivity contribution in [3.8, 4) is 5.82 Å². The highest BCUT2D eigenvalue weighted by Gasteiger charge is 2.07. The van der Waals surface area contributed by atoms with E-state index in [0.717, 1.165) is 5.69 Å². The van der Waals surface area contributed by atoms with Crippen molar-refractivity contribution < 1.29 is 0 Å². The zero-order valence-corrected chi connectivity index (χ0v) is 9.52. The number of rotatable bonds is 1. The first-order valence-electron chi connectivity index (χ1n) is 3.94. The van der Waals surface area contributed by atoms with Gasteiger partial charge < -0.3 is 4.98 Å². The molecule has 0 amide bonds. The zero-order chi connectivity index (χ0) is 10.1. The van der Waals surface area contributed by atoms with Gasteiger partial charge in [-0.15, -0.1) is 0 Å². The molecule has 5 nitrogen and oxygen atoms in total. The molecule has 0 saturated carbocycles. The number of aromatic nitrogens is 4. The average molecular weight is 302 g/mol. The summed E-state index contributed by atoms with van der Waals surface area (Å²) < 4.78 is 2.12. The molecule has 14 heavy (non-hydrogen) atoms. The summed E-state index contributed by atoms with van der Waals surface area (Å²) in [6.45, 7) is 1.89. The third-order valence-electron chi connectivity index (χ3n) is 1.72. The van der Waals surface area contributed by atoms with Crippen LogP contribution in [0.25, 0.3) is 5.82 Å². The second-order valence-corrected chi connectivity index (χ2v) is 3.85. The number of hydrogen-bond donors (Lipinski definition) is 1. The molecular formula is C8H7IN4O. The molecule has 0 atom stereocenters. The van der Waals surface area contributed by atoms with Crippen molar-refractivity contribution in [1.29, 1.82) is 0 Å². The maximum Gasteiger partial charge on any atom is 0.266 e.